The molecule has 5 rings (SSSR count). The maximum atomic E-state index is 14.1. The van der Waals surface area contributed by atoms with E-state index in [4.69, 9.17) is 28.2 Å². The predicted octanol–water partition coefficient (Wildman–Crippen LogP) is 4.20. The molecule has 284 valence electrons. The van der Waals surface area contributed by atoms with Crippen molar-refractivity contribution in [3.8, 4) is 11.4 Å². The second-order valence-electron chi connectivity index (χ2n) is 12.7. The number of amides is 3. The summed E-state index contributed by atoms with van der Waals surface area (Å²) in [5.41, 5.74) is 0.686. The van der Waals surface area contributed by atoms with E-state index in [1.54, 1.807) is 31.7 Å². The number of nitrogens with one attached hydrogen (secondary N) is 1. The summed E-state index contributed by atoms with van der Waals surface area (Å²) in [6.07, 6.45) is -0.103. The van der Waals surface area contributed by atoms with Crippen LogP contribution >= 0.6 is 7.60 Å². The zero-order valence-corrected chi connectivity index (χ0v) is 31.1. The number of hydrogen-bond donors (Lipinski definition) is 1. The molecule has 1 aromatic carbocycles. The van der Waals surface area contributed by atoms with Crippen molar-refractivity contribution >= 4 is 37.5 Å². The van der Waals surface area contributed by atoms with Gasteiger partial charge in [0.2, 0.25) is 5.91 Å². The number of ether oxygens (including phenoxy) is 3. The molecule has 16 nitrogen and oxygen atoms in total. The van der Waals surface area contributed by atoms with Gasteiger partial charge in [-0.05, 0) is 27.2 Å². The molecule has 3 fully saturated rings. The molecule has 0 bridgehead atoms. The number of benzene rings is 1. The highest BCUT2D eigenvalue weighted by Crippen LogP contribution is 2.50. The summed E-state index contributed by atoms with van der Waals surface area (Å²) in [4.78, 5) is 66.9. The van der Waals surface area contributed by atoms with Crippen molar-refractivity contribution in [3.63, 3.8) is 0 Å². The van der Waals surface area contributed by atoms with Gasteiger partial charge in [-0.15, -0.1) is 0 Å². The van der Waals surface area contributed by atoms with E-state index in [0.717, 1.165) is 12.8 Å². The Hall–Kier alpha value is -4.27. The number of hydrogen-bond acceptors (Lipinski definition) is 13. The largest absolute Gasteiger partial charge is 0.508 e. The van der Waals surface area contributed by atoms with Crippen LogP contribution in [0.4, 0.5) is 15.4 Å². The summed E-state index contributed by atoms with van der Waals surface area (Å²) in [6, 6.07) is 9.47. The molecule has 2 saturated heterocycles. The molecule has 3 amide bonds. The number of unbranched alkanes of at least 4 members (excludes halogenated alkanes) is 1. The van der Waals surface area contributed by atoms with Crippen molar-refractivity contribution in [1.82, 2.24) is 25.1 Å². The average Bonchev–Trinajstić information content (AvgIpc) is 3.55. The van der Waals surface area contributed by atoms with Crippen molar-refractivity contribution in [3.05, 3.63) is 42.1 Å². The summed E-state index contributed by atoms with van der Waals surface area (Å²) in [7, 11) is -3.81. The minimum Gasteiger partial charge on any atom is -0.449 e. The van der Waals surface area contributed by atoms with Crippen LogP contribution in [-0.2, 0) is 32.6 Å². The van der Waals surface area contributed by atoms with Crippen LogP contribution in [0.3, 0.4) is 0 Å². The molecular formula is C35H49N6O10P. The van der Waals surface area contributed by atoms with Gasteiger partial charge >= 0.3 is 19.8 Å². The Morgan fingerprint density at radius 1 is 0.885 bits per heavy atom. The standard InChI is InChI=1S/C35H49N6O10P/c1-5-9-19-48-34(44)40-17-15-39(16-18-40)33(43)28(23-52(46,49-7-3)50-8-4)37-32(42)27-20-29(38-31(36-27)24-13-11-10-12-14-24)41-21-25-26(22-41)30(25)51-35(45)47-6-2/h10-14,20,25-26,28,30H,5-9,15-19,21-23H2,1-4H3,(H,37,42)/t25-,26+,28-,30?/m0/s1. The van der Waals surface area contributed by atoms with Gasteiger partial charge in [0.1, 0.15) is 23.7 Å². The number of carbonyl (C=O) groups excluding carboxylic acids is 4. The van der Waals surface area contributed by atoms with Crippen LogP contribution in [0.1, 0.15) is 51.0 Å². The van der Waals surface area contributed by atoms with Gasteiger partial charge < -0.3 is 43.3 Å². The lowest BCUT2D eigenvalue weighted by Crippen LogP contribution is -2.57. The van der Waals surface area contributed by atoms with Gasteiger partial charge in [-0.2, -0.15) is 0 Å². The Labute approximate surface area is 304 Å². The zero-order chi connectivity index (χ0) is 37.3. The Bertz CT molecular complexity index is 1590. The molecule has 4 atom stereocenters. The van der Waals surface area contributed by atoms with E-state index in [2.05, 4.69) is 10.3 Å². The van der Waals surface area contributed by atoms with Crippen LogP contribution in [0.2, 0.25) is 0 Å². The molecule has 0 spiro atoms. The van der Waals surface area contributed by atoms with Gasteiger partial charge in [-0.1, -0.05) is 43.7 Å². The first-order valence-electron chi connectivity index (χ1n) is 18.0. The number of anilines is 1. The van der Waals surface area contributed by atoms with Crippen molar-refractivity contribution in [2.75, 3.05) is 76.8 Å². The maximum Gasteiger partial charge on any atom is 0.508 e. The highest BCUT2D eigenvalue weighted by Gasteiger charge is 2.59. The molecule has 0 radical (unpaired) electrons. The van der Waals surface area contributed by atoms with E-state index in [1.165, 1.54) is 4.90 Å². The number of carbonyl (C=O) groups is 4. The van der Waals surface area contributed by atoms with Gasteiger partial charge in [0.25, 0.3) is 5.91 Å². The Kier molecular flexibility index (Phi) is 13.5. The summed E-state index contributed by atoms with van der Waals surface area (Å²) in [6.45, 7) is 9.72. The molecule has 2 aromatic rings. The second kappa shape index (κ2) is 18.0. The average molecular weight is 745 g/mol. The fraction of sp³-hybridized carbons (Fsp3) is 0.600. The molecule has 17 heteroatoms. The highest BCUT2D eigenvalue weighted by atomic mass is 31.2. The lowest BCUT2D eigenvalue weighted by atomic mass is 10.2. The molecular weight excluding hydrogens is 695 g/mol. The molecule has 52 heavy (non-hydrogen) atoms. The van der Waals surface area contributed by atoms with E-state index >= 15 is 0 Å². The summed E-state index contributed by atoms with van der Waals surface area (Å²) >= 11 is 0. The van der Waals surface area contributed by atoms with Crippen LogP contribution in [0.25, 0.3) is 11.4 Å². The SMILES string of the molecule is CCCCOC(=O)N1CCN(C(=O)[C@H](CP(=O)(OCC)OCC)NC(=O)c2cc(N3C[C@@H]4C(OC(=O)OCC)[C@@H]4C3)nc(-c3ccccc3)n2)CC1. The number of piperidine rings is 1. The minimum atomic E-state index is -3.81. The third-order valence-electron chi connectivity index (χ3n) is 9.15. The van der Waals surface area contributed by atoms with E-state index < -0.39 is 43.9 Å². The molecule has 3 aliphatic rings. The van der Waals surface area contributed by atoms with Crippen molar-refractivity contribution in [2.45, 2.75) is 52.7 Å². The monoisotopic (exact) mass is 744 g/mol. The Balaban J connectivity index is 1.35. The Morgan fingerprint density at radius 3 is 2.15 bits per heavy atom. The molecule has 1 aromatic heterocycles. The van der Waals surface area contributed by atoms with Crippen LogP contribution in [0.15, 0.2) is 36.4 Å². The minimum absolute atomic E-state index is 0.00356. The van der Waals surface area contributed by atoms with Crippen LogP contribution < -0.4 is 10.2 Å². The number of nitrogens with zero attached hydrogens (tertiary/aromatic N) is 5. The second-order valence-corrected chi connectivity index (χ2v) is 14.8. The van der Waals surface area contributed by atoms with E-state index in [9.17, 15) is 23.7 Å². The van der Waals surface area contributed by atoms with Crippen molar-refractivity contribution in [1.29, 1.82) is 0 Å². The molecule has 3 heterocycles. The lowest BCUT2D eigenvalue weighted by molar-refractivity contribution is -0.134. The quantitative estimate of drug-likeness (QED) is 0.147. The molecule has 1 unspecified atom stereocenters. The molecule has 1 saturated carbocycles. The fourth-order valence-electron chi connectivity index (χ4n) is 6.43. The zero-order valence-electron chi connectivity index (χ0n) is 30.2. The van der Waals surface area contributed by atoms with Crippen LogP contribution in [0, 0.1) is 11.8 Å². The summed E-state index contributed by atoms with van der Waals surface area (Å²) in [5, 5.41) is 2.78. The van der Waals surface area contributed by atoms with Crippen molar-refractivity contribution < 1.29 is 47.0 Å². The molecule has 2 aliphatic heterocycles. The van der Waals surface area contributed by atoms with E-state index in [0.29, 0.717) is 36.9 Å². The van der Waals surface area contributed by atoms with Gasteiger partial charge in [0.15, 0.2) is 5.82 Å². The predicted molar refractivity (Wildman–Crippen MR) is 190 cm³/mol. The summed E-state index contributed by atoms with van der Waals surface area (Å²) < 4.78 is 40.5. The third kappa shape index (κ3) is 9.78. The molecule has 1 aliphatic carbocycles. The first kappa shape index (κ1) is 38.9. The number of fused-ring (bicyclic) bond motifs is 1. The number of rotatable bonds is 16. The number of piperazine rings is 1. The summed E-state index contributed by atoms with van der Waals surface area (Å²) in [5.74, 6) is -0.156. The van der Waals surface area contributed by atoms with Crippen LogP contribution in [0.5, 0.6) is 0 Å². The van der Waals surface area contributed by atoms with Gasteiger partial charge in [-0.3, -0.25) is 14.2 Å². The van der Waals surface area contributed by atoms with Gasteiger partial charge in [0.05, 0.1) is 32.6 Å². The normalized spacial score (nSPS) is 20.2. The Morgan fingerprint density at radius 2 is 1.54 bits per heavy atom. The van der Waals surface area contributed by atoms with Crippen molar-refractivity contribution in [2.24, 2.45) is 11.8 Å². The first-order valence-corrected chi connectivity index (χ1v) is 19.7. The number of aromatic nitrogens is 2. The topological polar surface area (TPSA) is 179 Å². The highest BCUT2D eigenvalue weighted by molar-refractivity contribution is 7.54. The smallest absolute Gasteiger partial charge is 0.449 e. The third-order valence-corrected chi connectivity index (χ3v) is 11.3. The molecule has 1 N–H and O–H groups in total. The van der Waals surface area contributed by atoms with E-state index in [1.807, 2.05) is 42.2 Å². The van der Waals surface area contributed by atoms with Gasteiger partial charge in [0, 0.05) is 62.7 Å². The lowest BCUT2D eigenvalue weighted by Gasteiger charge is -2.36. The van der Waals surface area contributed by atoms with Gasteiger partial charge in [-0.25, -0.2) is 19.6 Å². The maximum absolute atomic E-state index is 14.1. The van der Waals surface area contributed by atoms with E-state index in [-0.39, 0.29) is 69.6 Å². The fourth-order valence-corrected chi connectivity index (χ4v) is 8.19. The first-order chi connectivity index (χ1) is 25.1. The van der Waals surface area contributed by atoms with Crippen LogP contribution in [-0.4, -0.2) is 128 Å².